The zero-order valence-electron chi connectivity index (χ0n) is 16.7. The maximum absolute atomic E-state index is 12.8. The molecule has 0 bridgehead atoms. The lowest BCUT2D eigenvalue weighted by Gasteiger charge is -2.36. The molecule has 1 heterocycles. The van der Waals surface area contributed by atoms with Gasteiger partial charge < -0.3 is 9.80 Å². The van der Waals surface area contributed by atoms with E-state index in [0.29, 0.717) is 31.2 Å². The highest BCUT2D eigenvalue weighted by molar-refractivity contribution is 6.30. The van der Waals surface area contributed by atoms with Crippen molar-refractivity contribution in [2.45, 2.75) is 26.4 Å². The Morgan fingerprint density at radius 2 is 1.69 bits per heavy atom. The molecule has 1 aliphatic rings. The molecule has 5 nitrogen and oxygen atoms in total. The van der Waals surface area contributed by atoms with Gasteiger partial charge in [0.1, 0.15) is 6.54 Å². The number of alkyl halides is 3. The smallest absolute Gasteiger partial charge is 0.340 e. The molecule has 1 fully saturated rings. The number of hydrogen-bond donors (Lipinski definition) is 0. The van der Waals surface area contributed by atoms with E-state index in [1.54, 1.807) is 47.9 Å². The summed E-state index contributed by atoms with van der Waals surface area (Å²) in [6.07, 6.45) is -4.15. The summed E-state index contributed by atoms with van der Waals surface area (Å²) in [5, 5.41) is 0.608. The van der Waals surface area contributed by atoms with Gasteiger partial charge in [0.2, 0.25) is 11.8 Å². The van der Waals surface area contributed by atoms with Crippen LogP contribution in [0.1, 0.15) is 19.4 Å². The number of benzene rings is 1. The highest BCUT2D eigenvalue weighted by Crippen LogP contribution is 2.18. The van der Waals surface area contributed by atoms with E-state index < -0.39 is 18.6 Å². The SMILES string of the molecule is CC(C)CN(CC(F)(F)F)C(=O)CN1CCN(C(=O)Cc2ccc(Cl)cc2)CC1. The molecule has 1 aliphatic heterocycles. The average Bonchev–Trinajstić information content (AvgIpc) is 2.62. The van der Waals surface area contributed by atoms with E-state index in [2.05, 4.69) is 0 Å². The monoisotopic (exact) mass is 433 g/mol. The highest BCUT2D eigenvalue weighted by Gasteiger charge is 2.34. The summed E-state index contributed by atoms with van der Waals surface area (Å²) in [6.45, 7) is 4.14. The van der Waals surface area contributed by atoms with Crippen LogP contribution in [0, 0.1) is 5.92 Å². The van der Waals surface area contributed by atoms with Gasteiger partial charge in [0.05, 0.1) is 13.0 Å². The molecule has 0 aromatic heterocycles. The molecule has 0 unspecified atom stereocenters. The third-order valence-corrected chi connectivity index (χ3v) is 4.91. The molecule has 0 saturated carbocycles. The van der Waals surface area contributed by atoms with Crippen LogP contribution in [0.3, 0.4) is 0 Å². The van der Waals surface area contributed by atoms with Gasteiger partial charge in [0, 0.05) is 37.7 Å². The van der Waals surface area contributed by atoms with Gasteiger partial charge in [0.25, 0.3) is 0 Å². The molecule has 2 rings (SSSR count). The Hall–Kier alpha value is -1.80. The van der Waals surface area contributed by atoms with Crippen molar-refractivity contribution in [2.24, 2.45) is 5.92 Å². The van der Waals surface area contributed by atoms with E-state index in [-0.39, 0.29) is 31.3 Å². The Morgan fingerprint density at radius 1 is 1.10 bits per heavy atom. The average molecular weight is 434 g/mol. The van der Waals surface area contributed by atoms with Crippen molar-refractivity contribution < 1.29 is 22.8 Å². The van der Waals surface area contributed by atoms with Crippen molar-refractivity contribution >= 4 is 23.4 Å². The molecule has 1 aromatic carbocycles. The largest absolute Gasteiger partial charge is 0.406 e. The zero-order valence-corrected chi connectivity index (χ0v) is 17.5. The van der Waals surface area contributed by atoms with Crippen LogP contribution < -0.4 is 0 Å². The van der Waals surface area contributed by atoms with Crippen molar-refractivity contribution in [1.82, 2.24) is 14.7 Å². The Labute approximate surface area is 174 Å². The second-order valence-corrected chi connectivity index (χ2v) is 8.18. The molecular weight excluding hydrogens is 407 g/mol. The van der Waals surface area contributed by atoms with Gasteiger partial charge in [-0.3, -0.25) is 14.5 Å². The highest BCUT2D eigenvalue weighted by atomic mass is 35.5. The normalized spacial score (nSPS) is 15.6. The summed E-state index contributed by atoms with van der Waals surface area (Å²) in [5.74, 6) is -0.600. The minimum absolute atomic E-state index is 0.0168. The first-order valence-corrected chi connectivity index (χ1v) is 10.0. The van der Waals surface area contributed by atoms with E-state index in [1.165, 1.54) is 0 Å². The fraction of sp³-hybridized carbons (Fsp3) is 0.600. The molecule has 0 aliphatic carbocycles. The van der Waals surface area contributed by atoms with Crippen molar-refractivity contribution in [3.05, 3.63) is 34.9 Å². The Balaban J connectivity index is 1.83. The molecular formula is C20H27ClF3N3O2. The van der Waals surface area contributed by atoms with Crippen LogP contribution in [-0.2, 0) is 16.0 Å². The third-order valence-electron chi connectivity index (χ3n) is 4.66. The second kappa shape index (κ2) is 10.3. The minimum atomic E-state index is -4.42. The predicted molar refractivity (Wildman–Crippen MR) is 106 cm³/mol. The van der Waals surface area contributed by atoms with Crippen LogP contribution in [0.4, 0.5) is 13.2 Å². The van der Waals surface area contributed by atoms with E-state index in [1.807, 2.05) is 0 Å². The summed E-state index contributed by atoms with van der Waals surface area (Å²) in [5.41, 5.74) is 0.869. The maximum atomic E-state index is 12.8. The zero-order chi connectivity index (χ0) is 21.6. The molecule has 162 valence electrons. The van der Waals surface area contributed by atoms with Gasteiger partial charge in [-0.25, -0.2) is 0 Å². The Morgan fingerprint density at radius 3 is 2.21 bits per heavy atom. The molecule has 9 heteroatoms. The first-order valence-electron chi connectivity index (χ1n) is 9.62. The van der Waals surface area contributed by atoms with Crippen LogP contribution in [0.2, 0.25) is 5.02 Å². The minimum Gasteiger partial charge on any atom is -0.340 e. The number of carbonyl (C=O) groups excluding carboxylic acids is 2. The molecule has 0 atom stereocenters. The molecule has 1 aromatic rings. The molecule has 0 N–H and O–H groups in total. The van der Waals surface area contributed by atoms with E-state index >= 15 is 0 Å². The van der Waals surface area contributed by atoms with Gasteiger partial charge in [-0.1, -0.05) is 37.6 Å². The van der Waals surface area contributed by atoms with Gasteiger partial charge in [-0.2, -0.15) is 13.2 Å². The van der Waals surface area contributed by atoms with Gasteiger partial charge in [0.15, 0.2) is 0 Å². The lowest BCUT2D eigenvalue weighted by molar-refractivity contribution is -0.163. The standard InChI is InChI=1S/C20H27ClF3N3O2/c1-15(2)12-27(14-20(22,23)24)19(29)13-25-7-9-26(10-8-25)18(28)11-16-3-5-17(21)6-4-16/h3-6,15H,7-14H2,1-2H3. The summed E-state index contributed by atoms with van der Waals surface area (Å²) in [7, 11) is 0. The number of nitrogens with zero attached hydrogens (tertiary/aromatic N) is 3. The van der Waals surface area contributed by atoms with E-state index in [4.69, 9.17) is 11.6 Å². The Kier molecular flexibility index (Phi) is 8.34. The number of carbonyl (C=O) groups is 2. The summed E-state index contributed by atoms with van der Waals surface area (Å²) < 4.78 is 38.3. The number of rotatable bonds is 7. The number of piperazine rings is 1. The van der Waals surface area contributed by atoms with Gasteiger partial charge in [-0.15, -0.1) is 0 Å². The van der Waals surface area contributed by atoms with E-state index in [0.717, 1.165) is 10.5 Å². The van der Waals surface area contributed by atoms with Crippen molar-refractivity contribution in [3.63, 3.8) is 0 Å². The van der Waals surface area contributed by atoms with Crippen LogP contribution in [-0.4, -0.2) is 78.5 Å². The molecule has 1 saturated heterocycles. The maximum Gasteiger partial charge on any atom is 0.406 e. The lowest BCUT2D eigenvalue weighted by atomic mass is 10.1. The van der Waals surface area contributed by atoms with Crippen LogP contribution in [0.15, 0.2) is 24.3 Å². The fourth-order valence-corrected chi connectivity index (χ4v) is 3.37. The quantitative estimate of drug-likeness (QED) is 0.663. The fourth-order valence-electron chi connectivity index (χ4n) is 3.25. The van der Waals surface area contributed by atoms with Crippen molar-refractivity contribution in [2.75, 3.05) is 45.8 Å². The summed E-state index contributed by atoms with van der Waals surface area (Å²) >= 11 is 5.85. The number of hydrogen-bond acceptors (Lipinski definition) is 3. The predicted octanol–water partition coefficient (Wildman–Crippen LogP) is 3.07. The lowest BCUT2D eigenvalue weighted by Crippen LogP contribution is -2.53. The summed E-state index contributed by atoms with van der Waals surface area (Å²) in [6, 6.07) is 7.08. The number of halogens is 4. The van der Waals surface area contributed by atoms with Crippen molar-refractivity contribution in [1.29, 1.82) is 0 Å². The van der Waals surface area contributed by atoms with Crippen LogP contribution in [0.5, 0.6) is 0 Å². The Bertz CT molecular complexity index is 687. The molecule has 0 radical (unpaired) electrons. The van der Waals surface area contributed by atoms with Crippen LogP contribution in [0.25, 0.3) is 0 Å². The van der Waals surface area contributed by atoms with Gasteiger partial charge in [-0.05, 0) is 23.6 Å². The molecule has 29 heavy (non-hydrogen) atoms. The molecule has 2 amide bonds. The van der Waals surface area contributed by atoms with Crippen LogP contribution >= 0.6 is 11.6 Å². The van der Waals surface area contributed by atoms with E-state index in [9.17, 15) is 22.8 Å². The first kappa shape index (κ1) is 23.5. The molecule has 0 spiro atoms. The topological polar surface area (TPSA) is 43.9 Å². The third kappa shape index (κ3) is 8.22. The second-order valence-electron chi connectivity index (χ2n) is 7.74. The first-order chi connectivity index (χ1) is 13.5. The van der Waals surface area contributed by atoms with Gasteiger partial charge >= 0.3 is 6.18 Å². The van der Waals surface area contributed by atoms with Crippen molar-refractivity contribution in [3.8, 4) is 0 Å². The number of amides is 2. The summed E-state index contributed by atoms with van der Waals surface area (Å²) in [4.78, 5) is 29.2.